The van der Waals surface area contributed by atoms with E-state index in [2.05, 4.69) is 23.5 Å². The van der Waals surface area contributed by atoms with Crippen molar-refractivity contribution in [2.45, 2.75) is 50.0 Å². The van der Waals surface area contributed by atoms with Crippen LogP contribution in [0.25, 0.3) is 0 Å². The van der Waals surface area contributed by atoms with Gasteiger partial charge in [-0.05, 0) is 64.8 Å². The van der Waals surface area contributed by atoms with Gasteiger partial charge in [0, 0.05) is 23.6 Å². The number of carbonyl (C=O) groups excluding carboxylic acids is 1. The molecule has 3 rings (SSSR count). The molecule has 0 unspecified atom stereocenters. The minimum atomic E-state index is -3.56. The average molecular weight is 350 g/mol. The molecule has 24 heavy (non-hydrogen) atoms. The molecule has 0 spiro atoms. The second-order valence-electron chi connectivity index (χ2n) is 7.49. The fourth-order valence-electron chi connectivity index (χ4n) is 3.17. The van der Waals surface area contributed by atoms with Crippen LogP contribution in [0.15, 0.2) is 29.2 Å². The van der Waals surface area contributed by atoms with Gasteiger partial charge in [0.1, 0.15) is 0 Å². The topological polar surface area (TPSA) is 66.5 Å². The van der Waals surface area contributed by atoms with Crippen molar-refractivity contribution >= 4 is 15.8 Å². The molecule has 132 valence electrons. The van der Waals surface area contributed by atoms with Gasteiger partial charge in [-0.3, -0.25) is 9.69 Å². The molecule has 1 N–H and O–H groups in total. The largest absolute Gasteiger partial charge is 0.297 e. The molecule has 2 aliphatic rings. The van der Waals surface area contributed by atoms with E-state index in [9.17, 15) is 13.2 Å². The summed E-state index contributed by atoms with van der Waals surface area (Å²) in [5, 5.41) is 0. The van der Waals surface area contributed by atoms with Crippen molar-refractivity contribution in [1.29, 1.82) is 0 Å². The van der Waals surface area contributed by atoms with Crippen molar-refractivity contribution in [1.82, 2.24) is 9.62 Å². The third-order valence-corrected chi connectivity index (χ3v) is 6.47. The maximum atomic E-state index is 12.5. The summed E-state index contributed by atoms with van der Waals surface area (Å²) >= 11 is 0. The number of hydrogen-bond acceptors (Lipinski definition) is 4. The predicted molar refractivity (Wildman–Crippen MR) is 93.6 cm³/mol. The first kappa shape index (κ1) is 17.6. The number of sulfonamides is 1. The summed E-state index contributed by atoms with van der Waals surface area (Å²) < 4.78 is 27.7. The maximum Gasteiger partial charge on any atom is 0.240 e. The SMILES string of the molecule is CC(C)(CNS(=O)(=O)c1ccc(C(=O)C2CC2)cc1)N1CCCC1. The Morgan fingerprint density at radius 1 is 1.17 bits per heavy atom. The van der Waals surface area contributed by atoms with Crippen LogP contribution in [0.4, 0.5) is 0 Å². The van der Waals surface area contributed by atoms with Crippen LogP contribution in [0, 0.1) is 5.92 Å². The number of Topliss-reactive ketones (excluding diaryl/α,β-unsaturated/α-hetero) is 1. The smallest absolute Gasteiger partial charge is 0.240 e. The Labute approximate surface area is 144 Å². The van der Waals surface area contributed by atoms with Gasteiger partial charge in [-0.1, -0.05) is 12.1 Å². The Hall–Kier alpha value is -1.24. The molecule has 2 fully saturated rings. The van der Waals surface area contributed by atoms with Crippen molar-refractivity contribution in [3.63, 3.8) is 0 Å². The van der Waals surface area contributed by atoms with Crippen LogP contribution < -0.4 is 4.72 Å². The van der Waals surface area contributed by atoms with Gasteiger partial charge >= 0.3 is 0 Å². The summed E-state index contributed by atoms with van der Waals surface area (Å²) in [7, 11) is -3.56. The first-order chi connectivity index (χ1) is 11.3. The van der Waals surface area contributed by atoms with Crippen LogP contribution in [0.5, 0.6) is 0 Å². The van der Waals surface area contributed by atoms with Crippen LogP contribution in [0.1, 0.15) is 49.9 Å². The number of carbonyl (C=O) groups is 1. The second kappa shape index (κ2) is 6.58. The summed E-state index contributed by atoms with van der Waals surface area (Å²) in [4.78, 5) is 14.5. The molecule has 0 bridgehead atoms. The van der Waals surface area contributed by atoms with Crippen molar-refractivity contribution in [3.05, 3.63) is 29.8 Å². The van der Waals surface area contributed by atoms with Crippen LogP contribution in [-0.4, -0.2) is 44.3 Å². The van der Waals surface area contributed by atoms with Crippen LogP contribution in [0.2, 0.25) is 0 Å². The molecule has 5 nitrogen and oxygen atoms in total. The third kappa shape index (κ3) is 3.87. The highest BCUT2D eigenvalue weighted by molar-refractivity contribution is 7.89. The number of nitrogens with zero attached hydrogens (tertiary/aromatic N) is 1. The van der Waals surface area contributed by atoms with Gasteiger partial charge in [0.25, 0.3) is 0 Å². The lowest BCUT2D eigenvalue weighted by Crippen LogP contribution is -2.50. The average Bonchev–Trinajstić information content (AvgIpc) is 3.26. The molecule has 1 saturated carbocycles. The Morgan fingerprint density at radius 3 is 2.29 bits per heavy atom. The lowest BCUT2D eigenvalue weighted by molar-refractivity contribution is 0.0967. The van der Waals surface area contributed by atoms with Gasteiger partial charge in [0.15, 0.2) is 5.78 Å². The Bertz CT molecular complexity index is 700. The summed E-state index contributed by atoms with van der Waals surface area (Å²) in [6, 6.07) is 6.31. The standard InChI is InChI=1S/C18H26N2O3S/c1-18(2,20-11-3-4-12-20)13-19-24(22,23)16-9-7-15(8-10-16)17(21)14-5-6-14/h7-10,14,19H,3-6,11-13H2,1-2H3. The van der Waals surface area contributed by atoms with Crippen molar-refractivity contribution in [2.24, 2.45) is 5.92 Å². The number of rotatable bonds is 7. The molecule has 1 heterocycles. The quantitative estimate of drug-likeness (QED) is 0.767. The fourth-order valence-corrected chi connectivity index (χ4v) is 4.37. The summed E-state index contributed by atoms with van der Waals surface area (Å²) in [5.74, 6) is 0.272. The van der Waals surface area contributed by atoms with Gasteiger partial charge in [0.2, 0.25) is 10.0 Å². The van der Waals surface area contributed by atoms with Crippen LogP contribution in [0.3, 0.4) is 0 Å². The van der Waals surface area contributed by atoms with Gasteiger partial charge in [-0.15, -0.1) is 0 Å². The molecule has 1 aromatic rings. The summed E-state index contributed by atoms with van der Waals surface area (Å²) in [5.41, 5.74) is 0.402. The van der Waals surface area contributed by atoms with Crippen molar-refractivity contribution < 1.29 is 13.2 Å². The molecule has 1 aliphatic heterocycles. The molecule has 1 saturated heterocycles. The Kier molecular flexibility index (Phi) is 4.82. The fraction of sp³-hybridized carbons (Fsp3) is 0.611. The van der Waals surface area contributed by atoms with Gasteiger partial charge in [-0.25, -0.2) is 13.1 Å². The van der Waals surface area contributed by atoms with Crippen LogP contribution >= 0.6 is 0 Å². The lowest BCUT2D eigenvalue weighted by Gasteiger charge is -2.35. The monoisotopic (exact) mass is 350 g/mol. The molecule has 0 radical (unpaired) electrons. The molecule has 6 heteroatoms. The zero-order chi connectivity index (χ0) is 17.4. The zero-order valence-electron chi connectivity index (χ0n) is 14.4. The number of nitrogens with one attached hydrogen (secondary N) is 1. The van der Waals surface area contributed by atoms with Gasteiger partial charge < -0.3 is 0 Å². The third-order valence-electron chi connectivity index (χ3n) is 5.05. The summed E-state index contributed by atoms with van der Waals surface area (Å²) in [6.45, 7) is 6.55. The molecule has 0 amide bonds. The molecular weight excluding hydrogens is 324 g/mol. The second-order valence-corrected chi connectivity index (χ2v) is 9.26. The van der Waals surface area contributed by atoms with Gasteiger partial charge in [0.05, 0.1) is 4.90 Å². The number of ketones is 1. The first-order valence-corrected chi connectivity index (χ1v) is 10.2. The minimum Gasteiger partial charge on any atom is -0.297 e. The van der Waals surface area contributed by atoms with Gasteiger partial charge in [-0.2, -0.15) is 0 Å². The molecule has 1 aromatic carbocycles. The number of likely N-dealkylation sites (tertiary alicyclic amines) is 1. The Morgan fingerprint density at radius 2 is 1.75 bits per heavy atom. The highest BCUT2D eigenvalue weighted by Gasteiger charge is 2.32. The van der Waals surface area contributed by atoms with E-state index in [0.29, 0.717) is 12.1 Å². The van der Waals surface area contributed by atoms with E-state index in [1.807, 2.05) is 0 Å². The molecule has 1 aliphatic carbocycles. The van der Waals surface area contributed by atoms with Crippen molar-refractivity contribution in [3.8, 4) is 0 Å². The molecule has 0 aromatic heterocycles. The Balaban J connectivity index is 1.65. The zero-order valence-corrected chi connectivity index (χ0v) is 15.2. The normalized spacial score (nSPS) is 19.6. The first-order valence-electron chi connectivity index (χ1n) is 8.69. The predicted octanol–water partition coefficient (Wildman–Crippen LogP) is 2.43. The van der Waals surface area contributed by atoms with E-state index in [1.54, 1.807) is 12.1 Å². The lowest BCUT2D eigenvalue weighted by atomic mass is 10.0. The highest BCUT2D eigenvalue weighted by atomic mass is 32.2. The minimum absolute atomic E-state index is 0.127. The van der Waals surface area contributed by atoms with E-state index in [-0.39, 0.29) is 22.1 Å². The van der Waals surface area contributed by atoms with Crippen LogP contribution in [-0.2, 0) is 10.0 Å². The molecule has 0 atom stereocenters. The van der Waals surface area contributed by atoms with E-state index in [0.717, 1.165) is 25.9 Å². The van der Waals surface area contributed by atoms with E-state index in [4.69, 9.17) is 0 Å². The number of benzene rings is 1. The highest BCUT2D eigenvalue weighted by Crippen LogP contribution is 2.32. The maximum absolute atomic E-state index is 12.5. The van der Waals surface area contributed by atoms with E-state index >= 15 is 0 Å². The summed E-state index contributed by atoms with van der Waals surface area (Å²) in [6.07, 6.45) is 4.25. The van der Waals surface area contributed by atoms with E-state index in [1.165, 1.54) is 25.0 Å². The molecular formula is C18H26N2O3S. The number of hydrogen-bond donors (Lipinski definition) is 1. The van der Waals surface area contributed by atoms with Crippen molar-refractivity contribution in [2.75, 3.05) is 19.6 Å². The van der Waals surface area contributed by atoms with E-state index < -0.39 is 10.0 Å².